The Labute approximate surface area is 154 Å². The first-order valence-corrected chi connectivity index (χ1v) is 8.28. The Balaban J connectivity index is 2.51. The number of aliphatic hydroxyl groups excluding tert-OH is 1. The fourth-order valence-corrected chi connectivity index (χ4v) is 1.91. The van der Waals surface area contributed by atoms with E-state index in [2.05, 4.69) is 16.5 Å². The quantitative estimate of drug-likeness (QED) is 0.352. The van der Waals surface area contributed by atoms with Crippen LogP contribution in [0.4, 0.5) is 0 Å². The van der Waals surface area contributed by atoms with Crippen LogP contribution in [-0.4, -0.2) is 44.1 Å². The highest BCUT2D eigenvalue weighted by atomic mass is 35.5. The summed E-state index contributed by atoms with van der Waals surface area (Å²) in [5.41, 5.74) is 6.15. The molecule has 0 amide bonds. The van der Waals surface area contributed by atoms with Crippen molar-refractivity contribution < 1.29 is 19.4 Å². The van der Waals surface area contributed by atoms with E-state index in [4.69, 9.17) is 25.9 Å². The summed E-state index contributed by atoms with van der Waals surface area (Å²) in [6.45, 7) is 6.59. The number of hydroxylamine groups is 1. The summed E-state index contributed by atoms with van der Waals surface area (Å²) in [5.74, 6) is 1.27. The third-order valence-electron chi connectivity index (χ3n) is 3.08. The molecule has 1 rings (SSSR count). The molecule has 0 spiro atoms. The molecule has 0 fully saturated rings. The summed E-state index contributed by atoms with van der Waals surface area (Å²) in [4.78, 5) is 5.16. The summed E-state index contributed by atoms with van der Waals surface area (Å²) >= 11 is 5.98. The number of β-amino-alcohol motifs (C(OH)–C–C–N with tert-alkyl or cyclic N) is 1. The van der Waals surface area contributed by atoms with E-state index in [1.165, 1.54) is 0 Å². The van der Waals surface area contributed by atoms with Gasteiger partial charge in [-0.05, 0) is 44.5 Å². The molecule has 140 valence electrons. The number of methoxy groups -OCH3 is 2. The van der Waals surface area contributed by atoms with Crippen LogP contribution in [0.15, 0.2) is 29.1 Å². The van der Waals surface area contributed by atoms with Crippen molar-refractivity contribution in [2.45, 2.75) is 32.4 Å². The molecule has 0 aliphatic heterocycles. The van der Waals surface area contributed by atoms with Gasteiger partial charge in [-0.25, -0.2) is 5.48 Å². The zero-order valence-electron chi connectivity index (χ0n) is 15.4. The van der Waals surface area contributed by atoms with Gasteiger partial charge in [0, 0.05) is 12.1 Å². The number of halogens is 1. The Kier molecular flexibility index (Phi) is 8.83. The van der Waals surface area contributed by atoms with Crippen molar-refractivity contribution in [1.29, 1.82) is 0 Å². The van der Waals surface area contributed by atoms with Crippen LogP contribution in [0.1, 0.15) is 26.3 Å². The molecule has 0 saturated heterocycles. The van der Waals surface area contributed by atoms with Gasteiger partial charge in [0.2, 0.25) is 0 Å². The highest BCUT2D eigenvalue weighted by molar-refractivity contribution is 6.29. The molecule has 0 radical (unpaired) electrons. The first-order valence-electron chi connectivity index (χ1n) is 7.90. The second kappa shape index (κ2) is 10.3. The fraction of sp³-hybridized carbons (Fsp3) is 0.500. The zero-order chi connectivity index (χ0) is 18.9. The lowest BCUT2D eigenvalue weighted by atomic mass is 10.1. The van der Waals surface area contributed by atoms with Gasteiger partial charge in [-0.1, -0.05) is 23.4 Å². The largest absolute Gasteiger partial charge is 0.493 e. The molecule has 0 saturated carbocycles. The summed E-state index contributed by atoms with van der Waals surface area (Å²) < 4.78 is 10.4. The lowest BCUT2D eigenvalue weighted by molar-refractivity contribution is -0.00379. The van der Waals surface area contributed by atoms with Crippen molar-refractivity contribution in [1.82, 2.24) is 10.8 Å². The molecule has 25 heavy (non-hydrogen) atoms. The smallest absolute Gasteiger partial charge is 0.169 e. The van der Waals surface area contributed by atoms with Crippen molar-refractivity contribution in [3.05, 3.63) is 34.6 Å². The molecule has 6 nitrogen and oxygen atoms in total. The molecule has 1 atom stereocenters. The van der Waals surface area contributed by atoms with Crippen LogP contribution in [-0.2, 0) is 4.84 Å². The van der Waals surface area contributed by atoms with E-state index in [1.807, 2.05) is 26.8 Å². The van der Waals surface area contributed by atoms with Crippen LogP contribution in [0.25, 0.3) is 6.08 Å². The predicted molar refractivity (Wildman–Crippen MR) is 99.7 cm³/mol. The van der Waals surface area contributed by atoms with Gasteiger partial charge in [-0.2, -0.15) is 0 Å². The first kappa shape index (κ1) is 21.4. The maximum absolute atomic E-state index is 9.81. The highest BCUT2D eigenvalue weighted by Gasteiger charge is 2.12. The van der Waals surface area contributed by atoms with Crippen LogP contribution >= 0.6 is 11.6 Å². The molecule has 1 aromatic rings. The topological polar surface area (TPSA) is 72.0 Å². The summed E-state index contributed by atoms with van der Waals surface area (Å²) in [6, 6.07) is 5.45. The Morgan fingerprint density at radius 1 is 1.28 bits per heavy atom. The lowest BCUT2D eigenvalue weighted by Crippen LogP contribution is -2.42. The Hall–Kier alpha value is -1.69. The summed E-state index contributed by atoms with van der Waals surface area (Å²) in [5, 5.41) is 13.2. The number of hydrogen-bond donors (Lipinski definition) is 3. The van der Waals surface area contributed by atoms with Crippen LogP contribution < -0.4 is 20.3 Å². The normalized spacial score (nSPS) is 12.1. The van der Waals surface area contributed by atoms with Crippen molar-refractivity contribution in [2.24, 2.45) is 0 Å². The molecular formula is C18H27ClN2O4. The molecule has 1 aromatic carbocycles. The Morgan fingerprint density at radius 2 is 1.96 bits per heavy atom. The predicted octanol–water partition coefficient (Wildman–Crippen LogP) is 2.67. The number of rotatable bonds is 9. The minimum Gasteiger partial charge on any atom is -0.493 e. The number of hydrogen-bond acceptors (Lipinski definition) is 6. The van der Waals surface area contributed by atoms with Crippen molar-refractivity contribution in [2.75, 3.05) is 27.4 Å². The molecule has 1 unspecified atom stereocenters. The molecule has 3 N–H and O–H groups in total. The second-order valence-corrected chi connectivity index (χ2v) is 6.79. The SMILES string of the molecule is COc1ccc(C=C=C(Cl)NOCC(O)CNC(C)(C)C)cc1OC. The van der Waals surface area contributed by atoms with Crippen molar-refractivity contribution >= 4 is 17.7 Å². The van der Waals surface area contributed by atoms with E-state index in [1.54, 1.807) is 32.4 Å². The van der Waals surface area contributed by atoms with Crippen molar-refractivity contribution in [3.8, 4) is 11.5 Å². The Morgan fingerprint density at radius 3 is 2.56 bits per heavy atom. The zero-order valence-corrected chi connectivity index (χ0v) is 16.1. The lowest BCUT2D eigenvalue weighted by Gasteiger charge is -2.22. The monoisotopic (exact) mass is 370 g/mol. The number of aliphatic hydroxyl groups is 1. The van der Waals surface area contributed by atoms with Crippen LogP contribution in [0.3, 0.4) is 0 Å². The maximum Gasteiger partial charge on any atom is 0.169 e. The molecule has 0 bridgehead atoms. The molecule has 7 heteroatoms. The van der Waals surface area contributed by atoms with E-state index in [0.717, 1.165) is 5.56 Å². The van der Waals surface area contributed by atoms with Crippen LogP contribution in [0.2, 0.25) is 0 Å². The first-order chi connectivity index (χ1) is 11.7. The Bertz CT molecular complexity index is 608. The third-order valence-corrected chi connectivity index (χ3v) is 3.26. The van der Waals surface area contributed by atoms with Gasteiger partial charge in [0.05, 0.1) is 20.3 Å². The third kappa shape index (κ3) is 8.82. The molecular weight excluding hydrogens is 344 g/mol. The molecule has 0 aliphatic carbocycles. The average Bonchev–Trinajstić information content (AvgIpc) is 2.57. The average molecular weight is 371 g/mol. The van der Waals surface area contributed by atoms with E-state index in [-0.39, 0.29) is 17.3 Å². The van der Waals surface area contributed by atoms with Crippen molar-refractivity contribution in [3.63, 3.8) is 0 Å². The number of ether oxygens (including phenoxy) is 2. The van der Waals surface area contributed by atoms with Gasteiger partial charge < -0.3 is 19.9 Å². The summed E-state index contributed by atoms with van der Waals surface area (Å²) in [7, 11) is 3.15. The van der Waals surface area contributed by atoms with E-state index >= 15 is 0 Å². The number of nitrogens with one attached hydrogen (secondary N) is 2. The number of benzene rings is 1. The van der Waals surface area contributed by atoms with E-state index in [0.29, 0.717) is 18.0 Å². The fourth-order valence-electron chi connectivity index (χ4n) is 1.80. The van der Waals surface area contributed by atoms with Gasteiger partial charge in [-0.15, -0.1) is 0 Å². The summed E-state index contributed by atoms with van der Waals surface area (Å²) in [6.07, 6.45) is 1.03. The molecule has 0 aromatic heterocycles. The van der Waals surface area contributed by atoms with Gasteiger partial charge in [0.1, 0.15) is 6.61 Å². The maximum atomic E-state index is 9.81. The van der Waals surface area contributed by atoms with Crippen LogP contribution in [0.5, 0.6) is 11.5 Å². The second-order valence-electron chi connectivity index (χ2n) is 6.41. The highest BCUT2D eigenvalue weighted by Crippen LogP contribution is 2.27. The van der Waals surface area contributed by atoms with Gasteiger partial charge in [0.25, 0.3) is 0 Å². The van der Waals surface area contributed by atoms with Gasteiger partial charge in [0.15, 0.2) is 16.7 Å². The molecule has 0 aliphatic rings. The van der Waals surface area contributed by atoms with Gasteiger partial charge >= 0.3 is 0 Å². The standard InChI is InChI=1S/C18H27ClN2O4/c1-18(2,3)20-11-14(22)12-25-21-17(19)9-7-13-6-8-15(23-4)16(10-13)24-5/h6-8,10,14,20-22H,11-12H2,1-5H3. The minimum absolute atomic E-state index is 0.0614. The molecule has 0 heterocycles. The van der Waals surface area contributed by atoms with E-state index < -0.39 is 6.10 Å². The van der Waals surface area contributed by atoms with Gasteiger partial charge in [-0.3, -0.25) is 4.84 Å². The minimum atomic E-state index is -0.647. The van der Waals surface area contributed by atoms with Crippen LogP contribution in [0, 0.1) is 0 Å². The van der Waals surface area contributed by atoms with E-state index in [9.17, 15) is 5.11 Å².